The van der Waals surface area contributed by atoms with Crippen molar-refractivity contribution in [2.45, 2.75) is 34.6 Å². The fraction of sp³-hybridized carbons (Fsp3) is 0.189. The Bertz CT molecular complexity index is 2300. The molecule has 0 aliphatic carbocycles. The van der Waals surface area contributed by atoms with Gasteiger partial charge in [0, 0.05) is 66.1 Å². The quantitative estimate of drug-likeness (QED) is 0.171. The van der Waals surface area contributed by atoms with E-state index in [1.807, 2.05) is 71.0 Å². The summed E-state index contributed by atoms with van der Waals surface area (Å²) in [6.45, 7) is 9.22. The molecule has 12 heteroatoms. The van der Waals surface area contributed by atoms with Gasteiger partial charge in [-0.15, -0.1) is 0 Å². The smallest absolute Gasteiger partial charge is 0.227 e. The molecule has 6 rings (SSSR count). The highest BCUT2D eigenvalue weighted by Gasteiger charge is 2.27. The van der Waals surface area contributed by atoms with Crippen LogP contribution in [0, 0.1) is 63.1 Å². The van der Waals surface area contributed by atoms with E-state index in [-0.39, 0.29) is 11.8 Å². The van der Waals surface area contributed by atoms with E-state index in [1.54, 1.807) is 52.9 Å². The first-order valence-electron chi connectivity index (χ1n) is 15.5. The Morgan fingerprint density at radius 2 is 1.14 bits per heavy atom. The summed E-state index contributed by atoms with van der Waals surface area (Å²) < 4.78 is 17.7. The van der Waals surface area contributed by atoms with E-state index in [4.69, 9.17) is 9.97 Å². The predicted octanol–water partition coefficient (Wildman–Crippen LogP) is 7.49. The second-order valence-electron chi connectivity index (χ2n) is 11.9. The number of hydrogen-bond donors (Lipinski definition) is 2. The van der Waals surface area contributed by atoms with E-state index in [0.29, 0.717) is 51.2 Å². The first-order valence-corrected chi connectivity index (χ1v) is 15.5. The highest BCUT2D eigenvalue weighted by atomic mass is 19.1. The Hall–Kier alpha value is -6.53. The Labute approximate surface area is 283 Å². The SMILES string of the molecule is Cc1ccc(Nc2nccc(-c3c(C)c(C#N)n(-n4c(C)c(-c5ccnc(Nc6ccc(N(C)C)cc6)n5)c(C)c4C#N)c3C)n2)cc1F. The van der Waals surface area contributed by atoms with Gasteiger partial charge in [0.25, 0.3) is 0 Å². The number of halogens is 1. The van der Waals surface area contributed by atoms with Crippen LogP contribution in [0.15, 0.2) is 67.0 Å². The first kappa shape index (κ1) is 32.4. The number of nitrogens with one attached hydrogen (secondary N) is 2. The number of rotatable bonds is 8. The van der Waals surface area contributed by atoms with Gasteiger partial charge in [-0.3, -0.25) is 0 Å². The lowest BCUT2D eigenvalue weighted by Gasteiger charge is -2.15. The average Bonchev–Trinajstić information content (AvgIpc) is 3.48. The second kappa shape index (κ2) is 12.9. The van der Waals surface area contributed by atoms with Crippen molar-refractivity contribution in [3.05, 3.63) is 112 Å². The van der Waals surface area contributed by atoms with Gasteiger partial charge in [-0.2, -0.15) is 10.5 Å². The Kier molecular flexibility index (Phi) is 8.55. The number of aryl methyl sites for hydroxylation is 1. The summed E-state index contributed by atoms with van der Waals surface area (Å²) in [4.78, 5) is 20.3. The fourth-order valence-electron chi connectivity index (χ4n) is 6.05. The van der Waals surface area contributed by atoms with Crippen molar-refractivity contribution in [1.29, 1.82) is 10.5 Å². The molecule has 244 valence electrons. The Morgan fingerprint density at radius 3 is 1.59 bits per heavy atom. The van der Waals surface area contributed by atoms with E-state index in [9.17, 15) is 14.9 Å². The van der Waals surface area contributed by atoms with Crippen LogP contribution < -0.4 is 15.5 Å². The van der Waals surface area contributed by atoms with Crippen LogP contribution in [0.2, 0.25) is 0 Å². The minimum absolute atomic E-state index is 0.278. The van der Waals surface area contributed by atoms with Gasteiger partial charge in [-0.1, -0.05) is 6.07 Å². The second-order valence-corrected chi connectivity index (χ2v) is 11.9. The minimum atomic E-state index is -0.335. The molecule has 0 saturated carbocycles. The zero-order valence-electron chi connectivity index (χ0n) is 28.3. The first-order chi connectivity index (χ1) is 23.5. The maximum atomic E-state index is 14.2. The summed E-state index contributed by atoms with van der Waals surface area (Å²) in [6, 6.07) is 21.0. The molecule has 6 aromatic rings. The zero-order chi connectivity index (χ0) is 35.0. The van der Waals surface area contributed by atoms with Crippen LogP contribution in [0.5, 0.6) is 0 Å². The summed E-state index contributed by atoms with van der Waals surface area (Å²) in [5.41, 5.74) is 9.21. The van der Waals surface area contributed by atoms with Gasteiger partial charge < -0.3 is 15.5 Å². The molecule has 2 N–H and O–H groups in total. The van der Waals surface area contributed by atoms with Gasteiger partial charge in [0.1, 0.15) is 29.3 Å². The molecule has 0 unspecified atom stereocenters. The molecule has 0 aliphatic heterocycles. The van der Waals surface area contributed by atoms with E-state index >= 15 is 0 Å². The molecule has 4 heterocycles. The van der Waals surface area contributed by atoms with Crippen LogP contribution in [0.3, 0.4) is 0 Å². The third-order valence-corrected chi connectivity index (χ3v) is 8.55. The Morgan fingerprint density at radius 1 is 0.673 bits per heavy atom. The highest BCUT2D eigenvalue weighted by molar-refractivity contribution is 5.74. The molecular formula is C37H34FN11. The molecule has 0 fully saturated rings. The number of nitriles is 2. The summed E-state index contributed by atoms with van der Waals surface area (Å²) >= 11 is 0. The predicted molar refractivity (Wildman–Crippen MR) is 189 cm³/mol. The molecule has 0 radical (unpaired) electrons. The van der Waals surface area contributed by atoms with Gasteiger partial charge in [0.15, 0.2) is 0 Å². The monoisotopic (exact) mass is 651 g/mol. The number of nitrogens with zero attached hydrogens (tertiary/aromatic N) is 9. The molecule has 0 atom stereocenters. The van der Waals surface area contributed by atoms with Crippen LogP contribution in [0.25, 0.3) is 22.5 Å². The summed E-state index contributed by atoms with van der Waals surface area (Å²) in [5, 5.41) is 27.2. The third kappa shape index (κ3) is 5.92. The lowest BCUT2D eigenvalue weighted by atomic mass is 10.1. The van der Waals surface area contributed by atoms with E-state index < -0.39 is 0 Å². The molecule has 2 aromatic carbocycles. The Balaban J connectivity index is 1.42. The molecule has 0 spiro atoms. The molecule has 0 saturated heterocycles. The molecular weight excluding hydrogens is 617 g/mol. The number of hydrogen-bond acceptors (Lipinski definition) is 9. The van der Waals surface area contributed by atoms with Crippen molar-refractivity contribution in [1.82, 2.24) is 29.3 Å². The highest BCUT2D eigenvalue weighted by Crippen LogP contribution is 2.36. The van der Waals surface area contributed by atoms with Gasteiger partial charge in [-0.25, -0.2) is 33.7 Å². The molecule has 0 aliphatic rings. The summed E-state index contributed by atoms with van der Waals surface area (Å²) in [6.07, 6.45) is 3.29. The van der Waals surface area contributed by atoms with Crippen molar-refractivity contribution in [2.75, 3.05) is 29.6 Å². The average molecular weight is 652 g/mol. The standard InChI is InChI=1S/C37H34FN11/c1-21-8-9-27(18-29(21)38)44-37-42-17-15-31(46-37)35-23(3)33(20-40)49(25(35)5)48-24(4)34(22(2)32(48)19-39)30-14-16-41-36(45-30)43-26-10-12-28(13-11-26)47(6)7/h8-18H,1-7H3,(H,41,43,45)(H,42,44,46). The lowest BCUT2D eigenvalue weighted by molar-refractivity contribution is 0.613. The topological polar surface area (TPSA) is 136 Å². The van der Waals surface area contributed by atoms with E-state index in [2.05, 4.69) is 32.7 Å². The van der Waals surface area contributed by atoms with Crippen molar-refractivity contribution in [3.8, 4) is 34.7 Å². The number of aromatic nitrogens is 6. The fourth-order valence-corrected chi connectivity index (χ4v) is 6.05. The van der Waals surface area contributed by atoms with Crippen LogP contribution in [-0.2, 0) is 0 Å². The normalized spacial score (nSPS) is 10.8. The van der Waals surface area contributed by atoms with Gasteiger partial charge in [-0.05, 0) is 99.8 Å². The van der Waals surface area contributed by atoms with Gasteiger partial charge in [0.2, 0.25) is 11.9 Å². The number of anilines is 5. The molecule has 4 aromatic heterocycles. The zero-order valence-corrected chi connectivity index (χ0v) is 28.3. The molecule has 11 nitrogen and oxygen atoms in total. The van der Waals surface area contributed by atoms with Crippen LogP contribution >= 0.6 is 0 Å². The third-order valence-electron chi connectivity index (χ3n) is 8.55. The molecule has 0 bridgehead atoms. The molecule has 0 amide bonds. The van der Waals surface area contributed by atoms with Crippen molar-refractivity contribution >= 4 is 29.0 Å². The van der Waals surface area contributed by atoms with Crippen LogP contribution in [0.1, 0.15) is 39.5 Å². The molecule has 49 heavy (non-hydrogen) atoms. The van der Waals surface area contributed by atoms with E-state index in [1.165, 1.54) is 6.07 Å². The summed E-state index contributed by atoms with van der Waals surface area (Å²) in [5.74, 6) is 0.355. The lowest BCUT2D eigenvalue weighted by Crippen LogP contribution is -2.17. The largest absolute Gasteiger partial charge is 0.378 e. The minimum Gasteiger partial charge on any atom is -0.378 e. The van der Waals surface area contributed by atoms with Crippen molar-refractivity contribution in [3.63, 3.8) is 0 Å². The van der Waals surface area contributed by atoms with E-state index in [0.717, 1.165) is 33.8 Å². The van der Waals surface area contributed by atoms with Gasteiger partial charge in [0.05, 0.1) is 11.4 Å². The van der Waals surface area contributed by atoms with Gasteiger partial charge >= 0.3 is 0 Å². The maximum absolute atomic E-state index is 14.2. The number of benzene rings is 2. The summed E-state index contributed by atoms with van der Waals surface area (Å²) in [7, 11) is 3.97. The van der Waals surface area contributed by atoms with Crippen molar-refractivity contribution in [2.24, 2.45) is 0 Å². The van der Waals surface area contributed by atoms with Crippen LogP contribution in [-0.4, -0.2) is 43.4 Å². The van der Waals surface area contributed by atoms with Crippen molar-refractivity contribution < 1.29 is 4.39 Å². The van der Waals surface area contributed by atoms with Crippen LogP contribution in [0.4, 0.5) is 33.3 Å². The maximum Gasteiger partial charge on any atom is 0.227 e.